The third-order valence-corrected chi connectivity index (χ3v) is 5.74. The van der Waals surface area contributed by atoms with Crippen molar-refractivity contribution in [2.75, 3.05) is 0 Å². The third-order valence-electron chi connectivity index (χ3n) is 5.07. The van der Waals surface area contributed by atoms with Gasteiger partial charge in [-0.3, -0.25) is 0 Å². The van der Waals surface area contributed by atoms with Crippen molar-refractivity contribution in [2.45, 2.75) is 6.61 Å². The van der Waals surface area contributed by atoms with Gasteiger partial charge >= 0.3 is 5.97 Å². The molecule has 0 unspecified atom stereocenters. The monoisotopic (exact) mass is 531 g/mol. The Balaban J connectivity index is 1.36. The first-order valence-electron chi connectivity index (χ1n) is 10.1. The van der Waals surface area contributed by atoms with Crippen LogP contribution in [0.4, 0.5) is 0 Å². The van der Waals surface area contributed by atoms with Crippen LogP contribution in [-0.4, -0.2) is 11.9 Å². The second kappa shape index (κ2) is 8.96. The molecular weight excluding hydrogens is 513 g/mol. The summed E-state index contributed by atoms with van der Waals surface area (Å²) in [5.74, 6) is 0.583. The van der Waals surface area contributed by atoms with Crippen molar-refractivity contribution in [2.24, 2.45) is 4.99 Å². The zero-order chi connectivity index (χ0) is 21.9. The highest BCUT2D eigenvalue weighted by Gasteiger charge is 2.24. The molecule has 1 aliphatic heterocycles. The van der Waals surface area contributed by atoms with E-state index < -0.39 is 5.97 Å². The maximum Gasteiger partial charge on any atom is 0.363 e. The number of hydrogen-bond donors (Lipinski definition) is 0. The van der Waals surface area contributed by atoms with Crippen LogP contribution < -0.4 is 4.74 Å². The van der Waals surface area contributed by atoms with Crippen molar-refractivity contribution in [1.82, 2.24) is 0 Å². The quantitative estimate of drug-likeness (QED) is 0.171. The number of hydrogen-bond acceptors (Lipinski definition) is 4. The fourth-order valence-electron chi connectivity index (χ4n) is 3.50. The minimum atomic E-state index is -0.460. The highest BCUT2D eigenvalue weighted by molar-refractivity contribution is 14.1. The summed E-state index contributed by atoms with van der Waals surface area (Å²) < 4.78 is 12.5. The molecule has 5 rings (SSSR count). The van der Waals surface area contributed by atoms with Crippen LogP contribution in [0.1, 0.15) is 16.7 Å². The second-order valence-electron chi connectivity index (χ2n) is 7.39. The predicted molar refractivity (Wildman–Crippen MR) is 134 cm³/mol. The van der Waals surface area contributed by atoms with E-state index in [2.05, 4.69) is 33.6 Å². The Hall–Kier alpha value is -3.45. The summed E-state index contributed by atoms with van der Waals surface area (Å²) >= 11 is 2.28. The van der Waals surface area contributed by atoms with Crippen LogP contribution >= 0.6 is 22.6 Å². The average Bonchev–Trinajstić information content (AvgIpc) is 3.18. The average molecular weight is 531 g/mol. The number of benzene rings is 4. The number of rotatable bonds is 5. The fraction of sp³-hybridized carbons (Fsp3) is 0.0370. The Bertz CT molecular complexity index is 1390. The molecule has 4 nitrogen and oxygen atoms in total. The van der Waals surface area contributed by atoms with E-state index in [9.17, 15) is 4.79 Å². The molecule has 0 aliphatic carbocycles. The van der Waals surface area contributed by atoms with Crippen LogP contribution in [0.15, 0.2) is 102 Å². The van der Waals surface area contributed by atoms with E-state index in [1.54, 1.807) is 6.08 Å². The number of carbonyl (C=O) groups is 1. The van der Waals surface area contributed by atoms with Crippen LogP contribution in [0.5, 0.6) is 5.75 Å². The molecule has 4 aromatic rings. The van der Waals surface area contributed by atoms with E-state index in [1.807, 2.05) is 84.9 Å². The van der Waals surface area contributed by atoms with Gasteiger partial charge in [0, 0.05) is 9.13 Å². The van der Waals surface area contributed by atoms with Crippen molar-refractivity contribution in [3.63, 3.8) is 0 Å². The Morgan fingerprint density at radius 2 is 1.72 bits per heavy atom. The summed E-state index contributed by atoms with van der Waals surface area (Å²) in [4.78, 5) is 16.9. The first kappa shape index (κ1) is 20.5. The summed E-state index contributed by atoms with van der Waals surface area (Å²) in [5, 5.41) is 2.19. The first-order valence-corrected chi connectivity index (χ1v) is 11.2. The molecule has 0 N–H and O–H groups in total. The molecular formula is C27H18INO3. The smallest absolute Gasteiger partial charge is 0.363 e. The number of esters is 1. The SMILES string of the molecule is O=C1OC(c2ccc3ccccc3c2)=N/C1=C\c1cccc(OCc2cccc(I)c2)c1. The van der Waals surface area contributed by atoms with Crippen molar-refractivity contribution in [1.29, 1.82) is 0 Å². The molecule has 0 amide bonds. The number of carbonyl (C=O) groups excluding carboxylic acids is 1. The van der Waals surface area contributed by atoms with E-state index in [0.29, 0.717) is 12.5 Å². The van der Waals surface area contributed by atoms with Crippen LogP contribution in [0, 0.1) is 3.57 Å². The lowest BCUT2D eigenvalue weighted by Crippen LogP contribution is -2.05. The fourth-order valence-corrected chi connectivity index (χ4v) is 4.11. The van der Waals surface area contributed by atoms with Gasteiger partial charge in [-0.1, -0.05) is 54.6 Å². The van der Waals surface area contributed by atoms with Gasteiger partial charge in [-0.05, 0) is 87.0 Å². The van der Waals surface area contributed by atoms with Crippen molar-refractivity contribution in [3.8, 4) is 5.75 Å². The van der Waals surface area contributed by atoms with Gasteiger partial charge in [0.05, 0.1) is 0 Å². The number of halogens is 1. The van der Waals surface area contributed by atoms with Gasteiger partial charge in [0.25, 0.3) is 0 Å². The van der Waals surface area contributed by atoms with Gasteiger partial charge in [-0.15, -0.1) is 0 Å². The molecule has 0 radical (unpaired) electrons. The number of ether oxygens (including phenoxy) is 2. The van der Waals surface area contributed by atoms with Gasteiger partial charge in [-0.2, -0.15) is 0 Å². The molecule has 1 heterocycles. The van der Waals surface area contributed by atoms with Gasteiger partial charge in [0.1, 0.15) is 12.4 Å². The topological polar surface area (TPSA) is 47.9 Å². The standard InChI is InChI=1S/C27H18INO3/c28-23-9-3-6-19(13-23)17-31-24-10-4-5-18(14-24)15-25-27(30)32-26(29-25)22-12-11-20-7-1-2-8-21(20)16-22/h1-16H,17H2/b25-15-. The van der Waals surface area contributed by atoms with Gasteiger partial charge in [-0.25, -0.2) is 9.79 Å². The number of aliphatic imine (C=N–C) groups is 1. The molecule has 0 spiro atoms. The summed E-state index contributed by atoms with van der Waals surface area (Å²) in [5.41, 5.74) is 2.96. The summed E-state index contributed by atoms with van der Waals surface area (Å²) in [6.45, 7) is 0.475. The highest BCUT2D eigenvalue weighted by atomic mass is 127. The molecule has 0 fully saturated rings. The van der Waals surface area contributed by atoms with Gasteiger partial charge in [0.15, 0.2) is 5.70 Å². The van der Waals surface area contributed by atoms with Gasteiger partial charge < -0.3 is 9.47 Å². The number of cyclic esters (lactones) is 1. The Kier molecular flexibility index (Phi) is 5.73. The van der Waals surface area contributed by atoms with Crippen LogP contribution in [0.3, 0.4) is 0 Å². The number of fused-ring (bicyclic) bond motifs is 1. The molecule has 4 aromatic carbocycles. The summed E-state index contributed by atoms with van der Waals surface area (Å²) in [7, 11) is 0. The molecule has 0 saturated heterocycles. The highest BCUT2D eigenvalue weighted by Crippen LogP contribution is 2.24. The molecule has 0 aromatic heterocycles. The van der Waals surface area contributed by atoms with E-state index in [-0.39, 0.29) is 5.70 Å². The Morgan fingerprint density at radius 1 is 0.875 bits per heavy atom. The minimum Gasteiger partial charge on any atom is -0.489 e. The Morgan fingerprint density at radius 3 is 2.59 bits per heavy atom. The normalized spacial score (nSPS) is 14.5. The van der Waals surface area contributed by atoms with Crippen LogP contribution in [0.2, 0.25) is 0 Å². The van der Waals surface area contributed by atoms with Gasteiger partial charge in [0.2, 0.25) is 5.90 Å². The molecule has 0 bridgehead atoms. The molecule has 32 heavy (non-hydrogen) atoms. The number of nitrogens with zero attached hydrogens (tertiary/aromatic N) is 1. The lowest BCUT2D eigenvalue weighted by Gasteiger charge is -2.07. The van der Waals surface area contributed by atoms with Crippen molar-refractivity contribution in [3.05, 3.63) is 117 Å². The zero-order valence-corrected chi connectivity index (χ0v) is 19.2. The van der Waals surface area contributed by atoms with E-state index >= 15 is 0 Å². The van der Waals surface area contributed by atoms with E-state index in [0.717, 1.165) is 33.2 Å². The largest absolute Gasteiger partial charge is 0.489 e. The van der Waals surface area contributed by atoms with Crippen molar-refractivity contribution < 1.29 is 14.3 Å². The van der Waals surface area contributed by atoms with Crippen LogP contribution in [0.25, 0.3) is 16.8 Å². The zero-order valence-electron chi connectivity index (χ0n) is 17.0. The predicted octanol–water partition coefficient (Wildman–Crippen LogP) is 6.37. The molecule has 156 valence electrons. The summed E-state index contributed by atoms with van der Waals surface area (Å²) in [6.07, 6.45) is 1.72. The molecule has 5 heteroatoms. The van der Waals surface area contributed by atoms with Crippen LogP contribution in [-0.2, 0) is 16.1 Å². The van der Waals surface area contributed by atoms with E-state index in [1.165, 1.54) is 3.57 Å². The first-order chi connectivity index (χ1) is 15.6. The molecule has 0 saturated carbocycles. The lowest BCUT2D eigenvalue weighted by atomic mass is 10.1. The third kappa shape index (κ3) is 4.57. The maximum absolute atomic E-state index is 12.4. The Labute approximate surface area is 199 Å². The lowest BCUT2D eigenvalue weighted by molar-refractivity contribution is -0.129. The molecule has 1 aliphatic rings. The minimum absolute atomic E-state index is 0.267. The second-order valence-corrected chi connectivity index (χ2v) is 8.63. The van der Waals surface area contributed by atoms with E-state index in [4.69, 9.17) is 9.47 Å². The maximum atomic E-state index is 12.4. The molecule has 0 atom stereocenters. The van der Waals surface area contributed by atoms with Crippen molar-refractivity contribution >= 4 is 51.3 Å². The summed E-state index contributed by atoms with van der Waals surface area (Å²) in [6, 6.07) is 29.7.